The predicted octanol–water partition coefficient (Wildman–Crippen LogP) is 4.37. The van der Waals surface area contributed by atoms with Gasteiger partial charge in [0.25, 0.3) is 5.91 Å². The van der Waals surface area contributed by atoms with E-state index in [1.54, 1.807) is 12.1 Å². The van der Waals surface area contributed by atoms with Gasteiger partial charge in [-0.05, 0) is 62.9 Å². The molecule has 31 heavy (non-hydrogen) atoms. The van der Waals surface area contributed by atoms with Crippen LogP contribution in [0, 0.1) is 13.8 Å². The Morgan fingerprint density at radius 2 is 1.84 bits per heavy atom. The van der Waals surface area contributed by atoms with Crippen LogP contribution in [0.3, 0.4) is 0 Å². The monoisotopic (exact) mass is 422 g/mol. The Hall–Kier alpha value is -3.09. The summed E-state index contributed by atoms with van der Waals surface area (Å²) in [5.74, 6) is 0.264. The minimum Gasteiger partial charge on any atom is -0.451 e. The zero-order valence-corrected chi connectivity index (χ0v) is 18.5. The molecule has 1 saturated heterocycles. The number of hydrogen-bond donors (Lipinski definition) is 1. The number of nitrogens with zero attached hydrogens (tertiary/aromatic N) is 3. The molecule has 3 heterocycles. The number of rotatable bonds is 5. The van der Waals surface area contributed by atoms with Crippen molar-refractivity contribution in [3.63, 3.8) is 0 Å². The van der Waals surface area contributed by atoms with E-state index in [4.69, 9.17) is 4.42 Å². The number of amides is 2. The normalized spacial score (nSPS) is 14.6. The van der Waals surface area contributed by atoms with Gasteiger partial charge in [-0.2, -0.15) is 5.10 Å². The smallest absolute Gasteiger partial charge is 0.289 e. The van der Waals surface area contributed by atoms with E-state index in [-0.39, 0.29) is 11.8 Å². The number of carbonyl (C=O) groups excluding carboxylic acids is 2. The number of fused-ring (bicyclic) bond motifs is 1. The van der Waals surface area contributed by atoms with Crippen LogP contribution in [0.5, 0.6) is 0 Å². The predicted molar refractivity (Wildman–Crippen MR) is 120 cm³/mol. The second kappa shape index (κ2) is 8.96. The van der Waals surface area contributed by atoms with Crippen molar-refractivity contribution in [3.05, 3.63) is 47.0 Å². The minimum absolute atomic E-state index is 0.0497. The number of carbonyl (C=O) groups is 2. The quantitative estimate of drug-likeness (QED) is 0.662. The van der Waals surface area contributed by atoms with Crippen LogP contribution in [0.1, 0.15) is 59.6 Å². The van der Waals surface area contributed by atoms with Crippen molar-refractivity contribution in [2.75, 3.05) is 18.4 Å². The van der Waals surface area contributed by atoms with Crippen molar-refractivity contribution in [1.29, 1.82) is 0 Å². The molecule has 0 unspecified atom stereocenters. The van der Waals surface area contributed by atoms with Gasteiger partial charge in [0.1, 0.15) is 5.58 Å². The van der Waals surface area contributed by atoms with Crippen LogP contribution in [0.15, 0.2) is 28.7 Å². The standard InChI is InChI=1S/C24H30N4O3/c1-16-20(17(2)27(3)26-16)9-11-23(29)25-19-8-10-21-18(14-19)15-22(31-21)24(30)28-12-6-4-5-7-13-28/h8,10,14-15H,4-7,9,11-13H2,1-3H3,(H,25,29). The highest BCUT2D eigenvalue weighted by Crippen LogP contribution is 2.25. The van der Waals surface area contributed by atoms with Crippen molar-refractivity contribution in [2.45, 2.75) is 52.4 Å². The molecule has 7 heteroatoms. The molecule has 1 fully saturated rings. The van der Waals surface area contributed by atoms with Gasteiger partial charge in [-0.3, -0.25) is 14.3 Å². The number of likely N-dealkylation sites (tertiary alicyclic amines) is 1. The molecule has 0 aliphatic carbocycles. The maximum atomic E-state index is 12.8. The Kier molecular flexibility index (Phi) is 6.11. The molecule has 0 bridgehead atoms. The molecular weight excluding hydrogens is 392 g/mol. The molecule has 164 valence electrons. The van der Waals surface area contributed by atoms with Crippen molar-refractivity contribution in [2.24, 2.45) is 7.05 Å². The number of aromatic nitrogens is 2. The van der Waals surface area contributed by atoms with Gasteiger partial charge in [-0.1, -0.05) is 12.8 Å². The molecule has 2 amide bonds. The average molecular weight is 423 g/mol. The molecule has 0 saturated carbocycles. The number of hydrogen-bond acceptors (Lipinski definition) is 4. The summed E-state index contributed by atoms with van der Waals surface area (Å²) in [5, 5.41) is 8.18. The molecule has 3 aromatic rings. The highest BCUT2D eigenvalue weighted by atomic mass is 16.3. The number of furan rings is 1. The highest BCUT2D eigenvalue weighted by molar-refractivity contribution is 5.98. The van der Waals surface area contributed by atoms with E-state index in [0.29, 0.717) is 29.9 Å². The Morgan fingerprint density at radius 1 is 1.10 bits per heavy atom. The van der Waals surface area contributed by atoms with Gasteiger partial charge >= 0.3 is 0 Å². The summed E-state index contributed by atoms with van der Waals surface area (Å²) in [4.78, 5) is 27.2. The summed E-state index contributed by atoms with van der Waals surface area (Å²) in [7, 11) is 1.91. The summed E-state index contributed by atoms with van der Waals surface area (Å²) in [6, 6.07) is 7.25. The van der Waals surface area contributed by atoms with Crippen molar-refractivity contribution < 1.29 is 14.0 Å². The zero-order valence-electron chi connectivity index (χ0n) is 18.5. The van der Waals surface area contributed by atoms with Crippen LogP contribution in [0.25, 0.3) is 11.0 Å². The first-order valence-corrected chi connectivity index (χ1v) is 11.0. The van der Waals surface area contributed by atoms with Gasteiger partial charge in [-0.25, -0.2) is 0 Å². The van der Waals surface area contributed by atoms with Crippen molar-refractivity contribution in [1.82, 2.24) is 14.7 Å². The van der Waals surface area contributed by atoms with Crippen LogP contribution in [0.4, 0.5) is 5.69 Å². The summed E-state index contributed by atoms with van der Waals surface area (Å²) in [6.07, 6.45) is 5.47. The van der Waals surface area contributed by atoms with Crippen LogP contribution in [-0.2, 0) is 18.3 Å². The fourth-order valence-corrected chi connectivity index (χ4v) is 4.30. The topological polar surface area (TPSA) is 80.4 Å². The Bertz CT molecular complexity index is 1100. The Balaban J connectivity index is 1.41. The van der Waals surface area contributed by atoms with Gasteiger partial charge < -0.3 is 14.6 Å². The molecule has 0 spiro atoms. The van der Waals surface area contributed by atoms with Gasteiger partial charge in [0.2, 0.25) is 5.91 Å². The van der Waals surface area contributed by atoms with Gasteiger partial charge in [0.05, 0.1) is 5.69 Å². The summed E-state index contributed by atoms with van der Waals surface area (Å²) in [6.45, 7) is 5.56. The molecule has 0 atom stereocenters. The molecule has 2 aromatic heterocycles. The molecule has 1 N–H and O–H groups in total. The number of anilines is 1. The van der Waals surface area contributed by atoms with Gasteiger partial charge in [0.15, 0.2) is 5.76 Å². The van der Waals surface area contributed by atoms with Crippen LogP contribution >= 0.6 is 0 Å². The SMILES string of the molecule is Cc1nn(C)c(C)c1CCC(=O)Nc1ccc2oc(C(=O)N3CCCCCC3)cc2c1. The lowest BCUT2D eigenvalue weighted by molar-refractivity contribution is -0.116. The number of aryl methyl sites for hydroxylation is 2. The van der Waals surface area contributed by atoms with E-state index in [9.17, 15) is 9.59 Å². The largest absolute Gasteiger partial charge is 0.451 e. The fraction of sp³-hybridized carbons (Fsp3) is 0.458. The maximum Gasteiger partial charge on any atom is 0.289 e. The molecule has 7 nitrogen and oxygen atoms in total. The third-order valence-electron chi connectivity index (χ3n) is 6.17. The van der Waals surface area contributed by atoms with Crippen molar-refractivity contribution >= 4 is 28.5 Å². The second-order valence-corrected chi connectivity index (χ2v) is 8.39. The first-order chi connectivity index (χ1) is 14.9. The van der Waals surface area contributed by atoms with E-state index in [1.807, 2.05) is 42.6 Å². The first kappa shape index (κ1) is 21.2. The van der Waals surface area contributed by atoms with E-state index in [1.165, 1.54) is 12.8 Å². The lowest BCUT2D eigenvalue weighted by atomic mass is 10.1. The second-order valence-electron chi connectivity index (χ2n) is 8.39. The zero-order chi connectivity index (χ0) is 22.0. The molecule has 1 aliphatic heterocycles. The highest BCUT2D eigenvalue weighted by Gasteiger charge is 2.21. The van der Waals surface area contributed by atoms with E-state index in [0.717, 1.165) is 48.3 Å². The Labute approximate surface area is 182 Å². The van der Waals surface area contributed by atoms with E-state index in [2.05, 4.69) is 10.4 Å². The minimum atomic E-state index is -0.0501. The third-order valence-corrected chi connectivity index (χ3v) is 6.17. The van der Waals surface area contributed by atoms with Gasteiger partial charge in [-0.15, -0.1) is 0 Å². The molecule has 1 aliphatic rings. The van der Waals surface area contributed by atoms with E-state index >= 15 is 0 Å². The lowest BCUT2D eigenvalue weighted by Crippen LogP contribution is -2.31. The number of benzene rings is 1. The third kappa shape index (κ3) is 4.65. The van der Waals surface area contributed by atoms with Crippen LogP contribution in [-0.4, -0.2) is 39.6 Å². The van der Waals surface area contributed by atoms with E-state index < -0.39 is 0 Å². The fourth-order valence-electron chi connectivity index (χ4n) is 4.30. The Morgan fingerprint density at radius 3 is 2.52 bits per heavy atom. The van der Waals surface area contributed by atoms with Crippen LogP contribution in [0.2, 0.25) is 0 Å². The maximum absolute atomic E-state index is 12.8. The molecular formula is C24H30N4O3. The molecule has 1 aromatic carbocycles. The summed E-state index contributed by atoms with van der Waals surface area (Å²) < 4.78 is 7.65. The molecule has 4 rings (SSSR count). The lowest BCUT2D eigenvalue weighted by Gasteiger charge is -2.18. The first-order valence-electron chi connectivity index (χ1n) is 11.0. The average Bonchev–Trinajstić information content (AvgIpc) is 3.12. The van der Waals surface area contributed by atoms with Crippen molar-refractivity contribution in [3.8, 4) is 0 Å². The summed E-state index contributed by atoms with van der Waals surface area (Å²) >= 11 is 0. The summed E-state index contributed by atoms with van der Waals surface area (Å²) in [5.41, 5.74) is 4.53. The number of nitrogens with one attached hydrogen (secondary N) is 1. The molecule has 0 radical (unpaired) electrons. The van der Waals surface area contributed by atoms with Crippen LogP contribution < -0.4 is 5.32 Å². The van der Waals surface area contributed by atoms with Gasteiger partial charge in [0, 0.05) is 43.3 Å².